The van der Waals surface area contributed by atoms with E-state index in [0.29, 0.717) is 12.5 Å². The highest BCUT2D eigenvalue weighted by Gasteiger charge is 2.34. The Bertz CT molecular complexity index is 242. The molecule has 1 fully saturated rings. The highest BCUT2D eigenvalue weighted by Crippen LogP contribution is 2.31. The predicted molar refractivity (Wildman–Crippen MR) is 65.7 cm³/mol. The quantitative estimate of drug-likeness (QED) is 0.614. The van der Waals surface area contributed by atoms with Gasteiger partial charge in [0.2, 0.25) is 0 Å². The van der Waals surface area contributed by atoms with Crippen molar-refractivity contribution in [1.29, 1.82) is 0 Å². The van der Waals surface area contributed by atoms with Gasteiger partial charge in [-0.05, 0) is 46.7 Å². The molecule has 0 atom stereocenters. The lowest BCUT2D eigenvalue weighted by atomic mass is 9.81. The second-order valence-corrected chi connectivity index (χ2v) is 5.98. The minimum absolute atomic E-state index is 0.0201. The van der Waals surface area contributed by atoms with Crippen LogP contribution in [-0.4, -0.2) is 31.5 Å². The Morgan fingerprint density at radius 1 is 1.38 bits per heavy atom. The zero-order chi connectivity index (χ0) is 12.2. The summed E-state index contributed by atoms with van der Waals surface area (Å²) in [6.45, 7) is 7.97. The lowest BCUT2D eigenvalue weighted by molar-refractivity contribution is -0.156. The Labute approximate surface area is 103 Å². The Morgan fingerprint density at radius 3 is 2.38 bits per heavy atom. The zero-order valence-corrected chi connectivity index (χ0v) is 11.2. The van der Waals surface area contributed by atoms with Gasteiger partial charge in [0.15, 0.2) is 0 Å². The van der Waals surface area contributed by atoms with Gasteiger partial charge in [-0.3, -0.25) is 4.79 Å². The van der Waals surface area contributed by atoms with Crippen LogP contribution in [0.2, 0.25) is 0 Å². The second-order valence-electron chi connectivity index (χ2n) is 5.71. The van der Waals surface area contributed by atoms with E-state index in [0.717, 1.165) is 25.9 Å². The minimum Gasteiger partial charge on any atom is -0.465 e. The van der Waals surface area contributed by atoms with Crippen molar-refractivity contribution in [3.05, 3.63) is 0 Å². The topological polar surface area (TPSA) is 38.3 Å². The predicted octanol–water partition coefficient (Wildman–Crippen LogP) is 2.18. The molecule has 1 aliphatic heterocycles. The number of carbonyl (C=O) groups is 1. The number of rotatable bonds is 3. The molecule has 4 heteroatoms. The van der Waals surface area contributed by atoms with E-state index < -0.39 is 5.41 Å². The van der Waals surface area contributed by atoms with Crippen molar-refractivity contribution >= 4 is 17.6 Å². The number of hydrogen-bond acceptors (Lipinski definition) is 3. The normalized spacial score (nSPS) is 20.5. The fourth-order valence-electron chi connectivity index (χ4n) is 1.71. The molecule has 1 saturated heterocycles. The van der Waals surface area contributed by atoms with Gasteiger partial charge in [0.25, 0.3) is 0 Å². The summed E-state index contributed by atoms with van der Waals surface area (Å²) in [6.07, 6.45) is 1.96. The molecule has 3 nitrogen and oxygen atoms in total. The maximum absolute atomic E-state index is 11.7. The molecule has 0 spiro atoms. The van der Waals surface area contributed by atoms with E-state index in [1.807, 2.05) is 20.8 Å². The summed E-state index contributed by atoms with van der Waals surface area (Å²) in [6, 6.07) is 0. The third kappa shape index (κ3) is 3.63. The van der Waals surface area contributed by atoms with Crippen molar-refractivity contribution in [2.45, 2.75) is 33.6 Å². The van der Waals surface area contributed by atoms with Gasteiger partial charge >= 0.3 is 5.97 Å². The molecule has 1 rings (SSSR count). The summed E-state index contributed by atoms with van der Waals surface area (Å²) in [5.74, 6) is 0.419. The van der Waals surface area contributed by atoms with Crippen LogP contribution in [-0.2, 0) is 9.53 Å². The molecule has 1 aliphatic rings. The number of piperidine rings is 1. The van der Waals surface area contributed by atoms with Crippen LogP contribution in [0.25, 0.3) is 0 Å². The van der Waals surface area contributed by atoms with E-state index in [2.05, 4.69) is 5.32 Å². The van der Waals surface area contributed by atoms with Crippen LogP contribution in [0.1, 0.15) is 33.6 Å². The molecule has 94 valence electrons. The fourth-order valence-corrected chi connectivity index (χ4v) is 2.05. The Kier molecular flexibility index (Phi) is 4.62. The van der Waals surface area contributed by atoms with Crippen LogP contribution in [0.4, 0.5) is 0 Å². The molecule has 0 radical (unpaired) electrons. The molecule has 1 N–H and O–H groups in total. The Balaban J connectivity index is 2.48. The van der Waals surface area contributed by atoms with Crippen molar-refractivity contribution in [2.75, 3.05) is 25.6 Å². The average molecular weight is 248 g/mol. The van der Waals surface area contributed by atoms with Crippen LogP contribution in [0.5, 0.6) is 0 Å². The summed E-state index contributed by atoms with van der Waals surface area (Å²) in [5, 5.41) is 3.29. The van der Waals surface area contributed by atoms with Crippen LogP contribution in [0, 0.1) is 10.8 Å². The third-order valence-electron chi connectivity index (χ3n) is 3.07. The zero-order valence-electron chi connectivity index (χ0n) is 10.4. The first kappa shape index (κ1) is 13.8. The van der Waals surface area contributed by atoms with E-state index >= 15 is 0 Å². The molecule has 0 amide bonds. The number of carbonyl (C=O) groups excluding carboxylic acids is 1. The summed E-state index contributed by atoms with van der Waals surface area (Å²) in [4.78, 5) is 11.7. The summed E-state index contributed by atoms with van der Waals surface area (Å²) in [7, 11) is 0. The first-order valence-corrected chi connectivity index (χ1v) is 6.37. The van der Waals surface area contributed by atoms with Crippen molar-refractivity contribution < 1.29 is 9.53 Å². The molecule has 0 aromatic rings. The standard InChI is InChI=1S/C12H22ClNO2/c1-11(2,3)10(15)16-9-12(8-13)4-6-14-7-5-12/h14H,4-9H2,1-3H3. The first-order chi connectivity index (χ1) is 7.40. The molecule has 0 aromatic heterocycles. The maximum atomic E-state index is 11.7. The van der Waals surface area contributed by atoms with Crippen LogP contribution in [0.3, 0.4) is 0 Å². The van der Waals surface area contributed by atoms with Crippen LogP contribution in [0.15, 0.2) is 0 Å². The molecule has 0 aromatic carbocycles. The Morgan fingerprint density at radius 2 is 1.94 bits per heavy atom. The van der Waals surface area contributed by atoms with Crippen LogP contribution >= 0.6 is 11.6 Å². The molecule has 1 heterocycles. The fraction of sp³-hybridized carbons (Fsp3) is 0.917. The van der Waals surface area contributed by atoms with Gasteiger partial charge in [0.05, 0.1) is 12.0 Å². The van der Waals surface area contributed by atoms with Gasteiger partial charge in [0, 0.05) is 11.3 Å². The molecule has 0 saturated carbocycles. The minimum atomic E-state index is -0.430. The van der Waals surface area contributed by atoms with Crippen molar-refractivity contribution in [1.82, 2.24) is 5.32 Å². The van der Waals surface area contributed by atoms with E-state index in [4.69, 9.17) is 16.3 Å². The largest absolute Gasteiger partial charge is 0.465 e. The van der Waals surface area contributed by atoms with E-state index in [9.17, 15) is 4.79 Å². The monoisotopic (exact) mass is 247 g/mol. The van der Waals surface area contributed by atoms with Gasteiger partial charge in [-0.1, -0.05) is 0 Å². The lowest BCUT2D eigenvalue weighted by Gasteiger charge is -2.35. The molecule has 0 aliphatic carbocycles. The molecular formula is C12H22ClNO2. The third-order valence-corrected chi connectivity index (χ3v) is 3.64. The van der Waals surface area contributed by atoms with E-state index in [-0.39, 0.29) is 11.4 Å². The van der Waals surface area contributed by atoms with Gasteiger partial charge < -0.3 is 10.1 Å². The number of nitrogens with one attached hydrogen (secondary N) is 1. The van der Waals surface area contributed by atoms with Gasteiger partial charge in [0.1, 0.15) is 0 Å². The first-order valence-electron chi connectivity index (χ1n) is 5.84. The average Bonchev–Trinajstić information content (AvgIpc) is 2.26. The number of alkyl halides is 1. The van der Waals surface area contributed by atoms with Crippen LogP contribution < -0.4 is 5.32 Å². The highest BCUT2D eigenvalue weighted by molar-refractivity contribution is 6.18. The van der Waals surface area contributed by atoms with E-state index in [1.165, 1.54) is 0 Å². The van der Waals surface area contributed by atoms with Gasteiger partial charge in [-0.15, -0.1) is 11.6 Å². The van der Waals surface area contributed by atoms with Gasteiger partial charge in [-0.25, -0.2) is 0 Å². The highest BCUT2D eigenvalue weighted by atomic mass is 35.5. The molecular weight excluding hydrogens is 226 g/mol. The summed E-state index contributed by atoms with van der Waals surface area (Å²) >= 11 is 6.02. The molecule has 0 bridgehead atoms. The summed E-state index contributed by atoms with van der Waals surface area (Å²) < 4.78 is 5.39. The van der Waals surface area contributed by atoms with E-state index in [1.54, 1.807) is 0 Å². The molecule has 0 unspecified atom stereocenters. The van der Waals surface area contributed by atoms with Crippen molar-refractivity contribution in [3.63, 3.8) is 0 Å². The maximum Gasteiger partial charge on any atom is 0.311 e. The number of halogens is 1. The number of ether oxygens (including phenoxy) is 1. The number of esters is 1. The molecule has 16 heavy (non-hydrogen) atoms. The SMILES string of the molecule is CC(C)(C)C(=O)OCC1(CCl)CCNCC1. The van der Waals surface area contributed by atoms with Crippen molar-refractivity contribution in [3.8, 4) is 0 Å². The van der Waals surface area contributed by atoms with Gasteiger partial charge in [-0.2, -0.15) is 0 Å². The summed E-state index contributed by atoms with van der Waals surface area (Å²) in [5.41, 5.74) is -0.450. The lowest BCUT2D eigenvalue weighted by Crippen LogP contribution is -2.42. The van der Waals surface area contributed by atoms with Crippen molar-refractivity contribution in [2.24, 2.45) is 10.8 Å². The Hall–Kier alpha value is -0.280. The smallest absolute Gasteiger partial charge is 0.311 e. The number of hydrogen-bond donors (Lipinski definition) is 1. The second kappa shape index (κ2) is 5.37.